The van der Waals surface area contributed by atoms with Crippen LogP contribution in [-0.2, 0) is 11.8 Å². The van der Waals surface area contributed by atoms with Crippen LogP contribution in [0.4, 0.5) is 5.69 Å². The molecule has 1 aromatic heterocycles. The van der Waals surface area contributed by atoms with E-state index in [1.54, 1.807) is 13.2 Å². The predicted octanol–water partition coefficient (Wildman–Crippen LogP) is 2.15. The summed E-state index contributed by atoms with van der Waals surface area (Å²) in [4.78, 5) is 13.8. The van der Waals surface area contributed by atoms with E-state index in [4.69, 9.17) is 4.74 Å². The van der Waals surface area contributed by atoms with Gasteiger partial charge in [-0.3, -0.25) is 0 Å². The Morgan fingerprint density at radius 2 is 2.27 bits per heavy atom. The third-order valence-electron chi connectivity index (χ3n) is 2.34. The number of fused-ring (bicyclic) bond motifs is 1. The van der Waals surface area contributed by atoms with E-state index in [1.165, 1.54) is 6.08 Å². The highest BCUT2D eigenvalue weighted by atomic mass is 16.5. The zero-order valence-electron chi connectivity index (χ0n) is 8.52. The number of benzene rings is 1. The van der Waals surface area contributed by atoms with Crippen molar-refractivity contribution in [3.05, 3.63) is 24.4 Å². The van der Waals surface area contributed by atoms with Crippen molar-refractivity contribution in [1.29, 1.82) is 0 Å². The molecule has 15 heavy (non-hydrogen) atoms. The van der Waals surface area contributed by atoms with Crippen molar-refractivity contribution in [3.63, 3.8) is 0 Å². The molecule has 0 N–H and O–H groups in total. The molecule has 76 valence electrons. The molecule has 0 saturated heterocycles. The van der Waals surface area contributed by atoms with Crippen molar-refractivity contribution < 1.29 is 9.53 Å². The minimum Gasteiger partial charge on any atom is -0.496 e. The molecule has 4 nitrogen and oxygen atoms in total. The van der Waals surface area contributed by atoms with Gasteiger partial charge in [0.2, 0.25) is 6.08 Å². The van der Waals surface area contributed by atoms with Crippen molar-refractivity contribution in [2.75, 3.05) is 7.11 Å². The highest BCUT2D eigenvalue weighted by molar-refractivity contribution is 5.89. The van der Waals surface area contributed by atoms with E-state index in [9.17, 15) is 4.79 Å². The molecule has 0 aliphatic rings. The fraction of sp³-hybridized carbons (Fsp3) is 0.182. The number of nitrogens with zero attached hydrogens (tertiary/aromatic N) is 2. The summed E-state index contributed by atoms with van der Waals surface area (Å²) >= 11 is 0. The first-order valence-corrected chi connectivity index (χ1v) is 4.47. The van der Waals surface area contributed by atoms with Crippen molar-refractivity contribution in [3.8, 4) is 5.75 Å². The lowest BCUT2D eigenvalue weighted by atomic mass is 10.2. The molecule has 1 heterocycles. The molecule has 0 spiro atoms. The van der Waals surface area contributed by atoms with Crippen LogP contribution < -0.4 is 4.74 Å². The zero-order chi connectivity index (χ0) is 10.8. The molecular formula is C11H10N2O2. The molecule has 0 fully saturated rings. The monoisotopic (exact) mass is 202 g/mol. The van der Waals surface area contributed by atoms with Crippen molar-refractivity contribution >= 4 is 22.7 Å². The number of hydrogen-bond donors (Lipinski definition) is 0. The second-order valence-electron chi connectivity index (χ2n) is 3.21. The molecule has 1 aromatic carbocycles. The molecule has 0 radical (unpaired) electrons. The first-order chi connectivity index (χ1) is 7.26. The zero-order valence-corrected chi connectivity index (χ0v) is 8.52. The van der Waals surface area contributed by atoms with Gasteiger partial charge < -0.3 is 9.30 Å². The Morgan fingerprint density at radius 3 is 2.93 bits per heavy atom. The smallest absolute Gasteiger partial charge is 0.240 e. The number of aliphatic imine (C=N–C) groups is 1. The maximum absolute atomic E-state index is 10.2. The number of ether oxygens (including phenoxy) is 1. The van der Waals surface area contributed by atoms with Crippen LogP contribution in [0.2, 0.25) is 0 Å². The molecule has 2 aromatic rings. The predicted molar refractivity (Wildman–Crippen MR) is 57.3 cm³/mol. The summed E-state index contributed by atoms with van der Waals surface area (Å²) in [6.07, 6.45) is 3.45. The van der Waals surface area contributed by atoms with Gasteiger partial charge in [0.25, 0.3) is 0 Å². The van der Waals surface area contributed by atoms with Gasteiger partial charge in [0, 0.05) is 24.7 Å². The molecular weight excluding hydrogens is 192 g/mol. The average Bonchev–Trinajstić information content (AvgIpc) is 2.60. The summed E-state index contributed by atoms with van der Waals surface area (Å²) in [5, 5.41) is 1.00. The van der Waals surface area contributed by atoms with Gasteiger partial charge >= 0.3 is 0 Å². The lowest BCUT2D eigenvalue weighted by Gasteiger charge is -2.04. The Balaban J connectivity index is 2.78. The van der Waals surface area contributed by atoms with Crippen molar-refractivity contribution in [1.82, 2.24) is 4.57 Å². The van der Waals surface area contributed by atoms with E-state index < -0.39 is 0 Å². The SMILES string of the molecule is COc1cc(N=C=O)cc2c1ccn2C. The Morgan fingerprint density at radius 1 is 1.47 bits per heavy atom. The molecule has 0 unspecified atom stereocenters. The minimum atomic E-state index is 0.552. The van der Waals surface area contributed by atoms with Crippen LogP contribution in [0.5, 0.6) is 5.75 Å². The second kappa shape index (κ2) is 3.59. The molecule has 0 aliphatic carbocycles. The van der Waals surface area contributed by atoms with Gasteiger partial charge in [-0.25, -0.2) is 4.79 Å². The van der Waals surface area contributed by atoms with Crippen LogP contribution in [-0.4, -0.2) is 17.8 Å². The van der Waals surface area contributed by atoms with Crippen LogP contribution in [0.25, 0.3) is 10.9 Å². The van der Waals surface area contributed by atoms with Crippen LogP contribution in [0.15, 0.2) is 29.4 Å². The third kappa shape index (κ3) is 1.51. The number of aryl methyl sites for hydroxylation is 1. The summed E-state index contributed by atoms with van der Waals surface area (Å²) < 4.78 is 7.17. The van der Waals surface area contributed by atoms with Crippen molar-refractivity contribution in [2.45, 2.75) is 0 Å². The van der Waals surface area contributed by atoms with Gasteiger partial charge in [-0.2, -0.15) is 4.99 Å². The van der Waals surface area contributed by atoms with Crippen LogP contribution in [0, 0.1) is 0 Å². The summed E-state index contributed by atoms with van der Waals surface area (Å²) in [6.45, 7) is 0. The summed E-state index contributed by atoms with van der Waals surface area (Å²) in [7, 11) is 3.52. The minimum absolute atomic E-state index is 0.552. The maximum atomic E-state index is 10.2. The van der Waals surface area contributed by atoms with E-state index in [0.29, 0.717) is 11.4 Å². The number of isocyanates is 1. The highest BCUT2D eigenvalue weighted by Gasteiger charge is 2.06. The molecule has 0 bridgehead atoms. The van der Waals surface area contributed by atoms with Gasteiger partial charge in [-0.1, -0.05) is 0 Å². The third-order valence-corrected chi connectivity index (χ3v) is 2.34. The van der Waals surface area contributed by atoms with Gasteiger partial charge in [0.1, 0.15) is 5.75 Å². The van der Waals surface area contributed by atoms with Crippen LogP contribution >= 0.6 is 0 Å². The lowest BCUT2D eigenvalue weighted by molar-refractivity contribution is 0.420. The molecule has 0 aliphatic heterocycles. The largest absolute Gasteiger partial charge is 0.496 e. The molecule has 4 heteroatoms. The molecule has 0 saturated carbocycles. The molecule has 0 atom stereocenters. The quantitative estimate of drug-likeness (QED) is 0.553. The Labute approximate surface area is 86.8 Å². The second-order valence-corrected chi connectivity index (χ2v) is 3.21. The van der Waals surface area contributed by atoms with Gasteiger partial charge in [0.15, 0.2) is 0 Å². The maximum Gasteiger partial charge on any atom is 0.240 e. The van der Waals surface area contributed by atoms with Crippen LogP contribution in [0.3, 0.4) is 0 Å². The van der Waals surface area contributed by atoms with E-state index >= 15 is 0 Å². The average molecular weight is 202 g/mol. The molecule has 0 amide bonds. The fourth-order valence-corrected chi connectivity index (χ4v) is 1.61. The van der Waals surface area contributed by atoms with Crippen LogP contribution in [0.1, 0.15) is 0 Å². The van der Waals surface area contributed by atoms with Gasteiger partial charge in [-0.05, 0) is 12.1 Å². The van der Waals surface area contributed by atoms with E-state index in [2.05, 4.69) is 4.99 Å². The summed E-state index contributed by atoms with van der Waals surface area (Å²) in [6, 6.07) is 5.50. The number of hydrogen-bond acceptors (Lipinski definition) is 3. The van der Waals surface area contributed by atoms with E-state index in [0.717, 1.165) is 10.9 Å². The number of rotatable bonds is 2. The van der Waals surface area contributed by atoms with Gasteiger partial charge in [0.05, 0.1) is 18.3 Å². The fourth-order valence-electron chi connectivity index (χ4n) is 1.61. The van der Waals surface area contributed by atoms with Gasteiger partial charge in [-0.15, -0.1) is 0 Å². The van der Waals surface area contributed by atoms with E-state index in [-0.39, 0.29) is 0 Å². The Kier molecular flexibility index (Phi) is 2.27. The standard InChI is InChI=1S/C11H10N2O2/c1-13-4-3-9-10(13)5-8(12-7-14)6-11(9)15-2/h3-6H,1-2H3. The highest BCUT2D eigenvalue weighted by Crippen LogP contribution is 2.31. The number of carbonyl (C=O) groups excluding carboxylic acids is 1. The number of methoxy groups -OCH3 is 1. The summed E-state index contributed by atoms with van der Waals surface area (Å²) in [5.41, 5.74) is 1.53. The topological polar surface area (TPSA) is 43.6 Å². The Hall–Kier alpha value is -2.06. The lowest BCUT2D eigenvalue weighted by Crippen LogP contribution is -1.86. The first kappa shape index (κ1) is 9.49. The number of aromatic nitrogens is 1. The first-order valence-electron chi connectivity index (χ1n) is 4.47. The molecule has 2 rings (SSSR count). The van der Waals surface area contributed by atoms with E-state index in [1.807, 2.05) is 29.9 Å². The summed E-state index contributed by atoms with van der Waals surface area (Å²) in [5.74, 6) is 0.710. The normalized spacial score (nSPS) is 10.0. The van der Waals surface area contributed by atoms with Crippen molar-refractivity contribution in [2.24, 2.45) is 12.0 Å². The Bertz CT molecular complexity index is 551.